The van der Waals surface area contributed by atoms with Crippen LogP contribution >= 0.6 is 7.82 Å². The number of rotatable bonds is 44. The zero-order valence-electron chi connectivity index (χ0n) is 40.8. The summed E-state index contributed by atoms with van der Waals surface area (Å²) >= 11 is 0. The summed E-state index contributed by atoms with van der Waals surface area (Å²) in [5.74, 6) is -1.10. The van der Waals surface area contributed by atoms with E-state index in [9.17, 15) is 44.6 Å². The van der Waals surface area contributed by atoms with Crippen LogP contribution in [0.4, 0.5) is 0 Å². The van der Waals surface area contributed by atoms with Crippen LogP contribution in [0.2, 0.25) is 0 Å². The SMILES string of the molecule is CCCCC/C=C\C/C=C\CCCCCCCCCC(=O)OC(COC(=O)CCCCCCCCCCCCCCCCCCCCC)COP(=O)(O)OC1C(O)C(O)C(O)C(O)C1O. The van der Waals surface area contributed by atoms with Crippen molar-refractivity contribution in [3.8, 4) is 0 Å². The van der Waals surface area contributed by atoms with Gasteiger partial charge in [0.05, 0.1) is 6.61 Å². The lowest BCUT2D eigenvalue weighted by Crippen LogP contribution is -2.64. The number of hydrogen-bond donors (Lipinski definition) is 6. The molecule has 6 atom stereocenters. The molecular formula is C51H95O13P. The molecule has 1 aliphatic carbocycles. The van der Waals surface area contributed by atoms with E-state index in [1.165, 1.54) is 116 Å². The molecule has 0 radical (unpaired) electrons. The third kappa shape index (κ3) is 33.5. The van der Waals surface area contributed by atoms with E-state index in [1.54, 1.807) is 0 Å². The lowest BCUT2D eigenvalue weighted by Gasteiger charge is -2.41. The predicted octanol–water partition coefficient (Wildman–Crippen LogP) is 11.2. The maximum Gasteiger partial charge on any atom is 0.472 e. The van der Waals surface area contributed by atoms with E-state index in [4.69, 9.17) is 18.5 Å². The lowest BCUT2D eigenvalue weighted by atomic mass is 9.85. The van der Waals surface area contributed by atoms with E-state index < -0.39 is 75.7 Å². The van der Waals surface area contributed by atoms with Gasteiger partial charge >= 0.3 is 19.8 Å². The highest BCUT2D eigenvalue weighted by Gasteiger charge is 2.51. The number of aliphatic hydroxyl groups excluding tert-OH is 5. The van der Waals surface area contributed by atoms with Crippen LogP contribution in [0.15, 0.2) is 24.3 Å². The number of allylic oxidation sites excluding steroid dienone is 4. The molecule has 1 fully saturated rings. The van der Waals surface area contributed by atoms with Gasteiger partial charge in [0.25, 0.3) is 0 Å². The van der Waals surface area contributed by atoms with Crippen LogP contribution in [0.3, 0.4) is 0 Å². The maximum absolute atomic E-state index is 12.8. The second-order valence-electron chi connectivity index (χ2n) is 18.4. The molecule has 1 rings (SSSR count). The Balaban J connectivity index is 2.38. The van der Waals surface area contributed by atoms with E-state index >= 15 is 0 Å². The van der Waals surface area contributed by atoms with Crippen LogP contribution in [0.5, 0.6) is 0 Å². The lowest BCUT2D eigenvalue weighted by molar-refractivity contribution is -0.220. The van der Waals surface area contributed by atoms with Gasteiger partial charge in [-0.25, -0.2) is 4.57 Å². The average Bonchev–Trinajstić information content (AvgIpc) is 3.29. The number of carbonyl (C=O) groups excluding carboxylic acids is 2. The molecule has 0 spiro atoms. The van der Waals surface area contributed by atoms with Crippen molar-refractivity contribution in [2.75, 3.05) is 13.2 Å². The van der Waals surface area contributed by atoms with Gasteiger partial charge in [0.1, 0.15) is 43.2 Å². The number of phosphoric ester groups is 1. The average molecular weight is 947 g/mol. The summed E-state index contributed by atoms with van der Waals surface area (Å²) in [7, 11) is -5.12. The van der Waals surface area contributed by atoms with Crippen LogP contribution in [-0.4, -0.2) is 98.3 Å². The highest BCUT2D eigenvalue weighted by atomic mass is 31.2. The van der Waals surface area contributed by atoms with Crippen LogP contribution in [0.25, 0.3) is 0 Å². The maximum atomic E-state index is 12.8. The molecule has 65 heavy (non-hydrogen) atoms. The van der Waals surface area contributed by atoms with Crippen molar-refractivity contribution in [2.45, 2.75) is 275 Å². The highest BCUT2D eigenvalue weighted by molar-refractivity contribution is 7.47. The molecular weight excluding hydrogens is 852 g/mol. The summed E-state index contributed by atoms with van der Waals surface area (Å²) in [6.07, 6.45) is 33.6. The molecule has 0 aliphatic heterocycles. The van der Waals surface area contributed by atoms with Gasteiger partial charge in [0.2, 0.25) is 0 Å². The van der Waals surface area contributed by atoms with E-state index in [0.717, 1.165) is 77.0 Å². The van der Waals surface area contributed by atoms with Crippen molar-refractivity contribution in [3.63, 3.8) is 0 Å². The van der Waals surface area contributed by atoms with E-state index in [-0.39, 0.29) is 12.8 Å². The highest BCUT2D eigenvalue weighted by Crippen LogP contribution is 2.47. The normalized spacial score (nSPS) is 21.5. The zero-order valence-corrected chi connectivity index (χ0v) is 41.7. The molecule has 0 heterocycles. The molecule has 0 aromatic heterocycles. The van der Waals surface area contributed by atoms with E-state index in [2.05, 4.69) is 38.2 Å². The van der Waals surface area contributed by atoms with E-state index in [1.807, 2.05) is 0 Å². The number of unbranched alkanes of at least 4 members (excludes halogenated alkanes) is 28. The Bertz CT molecular complexity index is 1230. The predicted molar refractivity (Wildman–Crippen MR) is 258 cm³/mol. The number of phosphoric acid groups is 1. The van der Waals surface area contributed by atoms with Crippen LogP contribution < -0.4 is 0 Å². The monoisotopic (exact) mass is 947 g/mol. The molecule has 0 amide bonds. The Labute approximate surface area is 394 Å². The molecule has 0 saturated heterocycles. The molecule has 1 saturated carbocycles. The van der Waals surface area contributed by atoms with Gasteiger partial charge in [-0.1, -0.05) is 199 Å². The summed E-state index contributed by atoms with van der Waals surface area (Å²) in [5.41, 5.74) is 0. The van der Waals surface area contributed by atoms with Gasteiger partial charge in [-0.05, 0) is 44.9 Å². The molecule has 382 valence electrons. The standard InChI is InChI=1S/C51H95O13P/c1-3-5-7-9-11-13-15-17-19-21-22-24-25-27-29-31-33-35-37-39-44(52)61-41-43(42-62-65(59,60)64-51-49(57)47(55)46(54)48(56)50(51)58)63-45(53)40-38-36-34-32-30-28-26-23-20-18-16-14-12-10-8-6-4-2/h12,14,18,20,43,46-51,54-58H,3-11,13,15-17,19,21-42H2,1-2H3,(H,59,60)/b14-12-,20-18-. The van der Waals surface area contributed by atoms with Gasteiger partial charge in [-0.2, -0.15) is 0 Å². The van der Waals surface area contributed by atoms with Gasteiger partial charge < -0.3 is 39.9 Å². The van der Waals surface area contributed by atoms with Crippen molar-refractivity contribution in [1.82, 2.24) is 0 Å². The van der Waals surface area contributed by atoms with Crippen molar-refractivity contribution in [2.24, 2.45) is 0 Å². The Hall–Kier alpha value is -1.67. The fourth-order valence-corrected chi connectivity index (χ4v) is 9.06. The van der Waals surface area contributed by atoms with Crippen LogP contribution in [0, 0.1) is 0 Å². The summed E-state index contributed by atoms with van der Waals surface area (Å²) in [6, 6.07) is 0. The Morgan fingerprint density at radius 3 is 1.28 bits per heavy atom. The second-order valence-corrected chi connectivity index (χ2v) is 19.8. The summed E-state index contributed by atoms with van der Waals surface area (Å²) in [4.78, 5) is 35.8. The smallest absolute Gasteiger partial charge is 0.462 e. The minimum Gasteiger partial charge on any atom is -0.462 e. The van der Waals surface area contributed by atoms with Crippen molar-refractivity contribution in [3.05, 3.63) is 24.3 Å². The fourth-order valence-electron chi connectivity index (χ4n) is 8.08. The number of ether oxygens (including phenoxy) is 2. The van der Waals surface area contributed by atoms with Gasteiger partial charge in [-0.3, -0.25) is 18.6 Å². The number of hydrogen-bond acceptors (Lipinski definition) is 12. The summed E-state index contributed by atoms with van der Waals surface area (Å²) in [5, 5.41) is 50.3. The minimum absolute atomic E-state index is 0.0908. The Morgan fingerprint density at radius 1 is 0.477 bits per heavy atom. The van der Waals surface area contributed by atoms with Crippen LogP contribution in [-0.2, 0) is 32.7 Å². The summed E-state index contributed by atoms with van der Waals surface area (Å²) < 4.78 is 33.6. The third-order valence-corrected chi connectivity index (χ3v) is 13.3. The molecule has 0 bridgehead atoms. The van der Waals surface area contributed by atoms with Gasteiger partial charge in [0.15, 0.2) is 6.10 Å². The number of aliphatic hydroxyl groups is 5. The number of esters is 2. The van der Waals surface area contributed by atoms with Crippen molar-refractivity contribution < 1.29 is 63.1 Å². The Kier molecular flexibility index (Phi) is 39.0. The first-order valence-electron chi connectivity index (χ1n) is 26.1. The third-order valence-electron chi connectivity index (χ3n) is 12.3. The Morgan fingerprint density at radius 2 is 0.831 bits per heavy atom. The van der Waals surface area contributed by atoms with E-state index in [0.29, 0.717) is 12.8 Å². The molecule has 0 aromatic rings. The quantitative estimate of drug-likeness (QED) is 0.0146. The van der Waals surface area contributed by atoms with Crippen LogP contribution in [0.1, 0.15) is 232 Å². The fraction of sp³-hybridized carbons (Fsp3) is 0.882. The molecule has 6 N–H and O–H groups in total. The zero-order chi connectivity index (χ0) is 47.8. The summed E-state index contributed by atoms with van der Waals surface area (Å²) in [6.45, 7) is 3.31. The van der Waals surface area contributed by atoms with Crippen molar-refractivity contribution >= 4 is 19.8 Å². The first-order valence-corrected chi connectivity index (χ1v) is 27.6. The topological polar surface area (TPSA) is 210 Å². The minimum atomic E-state index is -5.12. The molecule has 13 nitrogen and oxygen atoms in total. The number of carbonyl (C=O) groups is 2. The second kappa shape index (κ2) is 41.3. The molecule has 0 aromatic carbocycles. The molecule has 1 aliphatic rings. The van der Waals surface area contributed by atoms with Gasteiger partial charge in [0, 0.05) is 12.8 Å². The van der Waals surface area contributed by atoms with Gasteiger partial charge in [-0.15, -0.1) is 0 Å². The first kappa shape index (κ1) is 61.3. The van der Waals surface area contributed by atoms with Crippen molar-refractivity contribution in [1.29, 1.82) is 0 Å². The molecule has 6 unspecified atom stereocenters. The molecule has 14 heteroatoms. The largest absolute Gasteiger partial charge is 0.472 e. The first-order chi connectivity index (χ1) is 31.4.